The molecule has 0 bridgehead atoms. The Morgan fingerprint density at radius 3 is 1.27 bits per heavy atom. The Kier molecular flexibility index (Phi) is 20.6. The van der Waals surface area contributed by atoms with Gasteiger partial charge in [0.15, 0.2) is 5.78 Å². The van der Waals surface area contributed by atoms with E-state index in [1.807, 2.05) is 0 Å². The Balaban J connectivity index is 3.40. The largest absolute Gasteiger partial charge is 0.481 e. The molecule has 0 saturated heterocycles. The van der Waals surface area contributed by atoms with E-state index >= 15 is 0 Å². The number of ketones is 1. The summed E-state index contributed by atoms with van der Waals surface area (Å²) >= 11 is 0. The monoisotopic (exact) mass is 428 g/mol. The van der Waals surface area contributed by atoms with Crippen molar-refractivity contribution >= 4 is 11.8 Å². The molecule has 0 aromatic rings. The molecule has 0 rings (SSSR count). The van der Waals surface area contributed by atoms with Crippen LogP contribution in [0, 0.1) is 5.92 Å². The van der Waals surface area contributed by atoms with Gasteiger partial charge in [-0.3, -0.25) is 9.59 Å². The zero-order valence-electron chi connectivity index (χ0n) is 19.5. The average molecular weight is 429 g/mol. The van der Waals surface area contributed by atoms with Gasteiger partial charge in [0, 0.05) is 0 Å². The number of carboxylic acids is 1. The van der Waals surface area contributed by atoms with E-state index in [-0.39, 0.29) is 6.42 Å². The van der Waals surface area contributed by atoms with Crippen molar-refractivity contribution < 1.29 is 24.9 Å². The lowest BCUT2D eigenvalue weighted by atomic mass is 9.93. The summed E-state index contributed by atoms with van der Waals surface area (Å²) in [5, 5.41) is 27.3. The number of hydrogen-bond donors (Lipinski definition) is 3. The second-order valence-electron chi connectivity index (χ2n) is 8.79. The second kappa shape index (κ2) is 21.3. The highest BCUT2D eigenvalue weighted by atomic mass is 16.4. The Labute approximate surface area is 184 Å². The SMILES string of the molecule is CCCCCCCCCCCCCCCCCCCCC(C(=O)O)C(=O)C(O)CO. The summed E-state index contributed by atoms with van der Waals surface area (Å²) in [7, 11) is 0. The smallest absolute Gasteiger partial charge is 0.314 e. The Bertz CT molecular complexity index is 410. The summed E-state index contributed by atoms with van der Waals surface area (Å²) in [6, 6.07) is 0. The van der Waals surface area contributed by atoms with E-state index in [4.69, 9.17) is 10.2 Å². The van der Waals surface area contributed by atoms with Crippen molar-refractivity contribution in [3.8, 4) is 0 Å². The van der Waals surface area contributed by atoms with Gasteiger partial charge < -0.3 is 15.3 Å². The molecule has 0 aliphatic rings. The molecule has 178 valence electrons. The molecule has 0 aromatic heterocycles. The second-order valence-corrected chi connectivity index (χ2v) is 8.79. The van der Waals surface area contributed by atoms with E-state index in [1.54, 1.807) is 0 Å². The average Bonchev–Trinajstić information content (AvgIpc) is 2.74. The van der Waals surface area contributed by atoms with Crippen molar-refractivity contribution in [3.05, 3.63) is 0 Å². The lowest BCUT2D eigenvalue weighted by Gasteiger charge is -2.14. The number of hydrogen-bond acceptors (Lipinski definition) is 4. The van der Waals surface area contributed by atoms with Gasteiger partial charge >= 0.3 is 5.97 Å². The zero-order valence-corrected chi connectivity index (χ0v) is 19.5. The van der Waals surface area contributed by atoms with Crippen LogP contribution < -0.4 is 0 Å². The maximum absolute atomic E-state index is 11.7. The van der Waals surface area contributed by atoms with E-state index in [0.29, 0.717) is 6.42 Å². The number of unbranched alkanes of at least 4 members (excludes halogenated alkanes) is 17. The number of aliphatic hydroxyl groups excluding tert-OH is 2. The van der Waals surface area contributed by atoms with Gasteiger partial charge in [0.2, 0.25) is 0 Å². The Hall–Kier alpha value is -0.940. The minimum Gasteiger partial charge on any atom is -0.481 e. The van der Waals surface area contributed by atoms with Crippen molar-refractivity contribution in [2.75, 3.05) is 6.61 Å². The normalized spacial score (nSPS) is 13.3. The molecule has 2 unspecified atom stereocenters. The third kappa shape index (κ3) is 16.8. The molecular formula is C25H48O5. The quantitative estimate of drug-likeness (QED) is 0.136. The molecule has 2 atom stereocenters. The van der Waals surface area contributed by atoms with Crippen molar-refractivity contribution in [1.29, 1.82) is 0 Å². The summed E-state index contributed by atoms with van der Waals surface area (Å²) in [6.07, 6.45) is 21.5. The van der Waals surface area contributed by atoms with Crippen LogP contribution in [0.2, 0.25) is 0 Å². The van der Waals surface area contributed by atoms with Crippen LogP contribution in [0.15, 0.2) is 0 Å². The third-order valence-electron chi connectivity index (χ3n) is 5.99. The first-order valence-corrected chi connectivity index (χ1v) is 12.6. The van der Waals surface area contributed by atoms with Crippen LogP contribution in [-0.2, 0) is 9.59 Å². The van der Waals surface area contributed by atoms with Crippen LogP contribution in [0.4, 0.5) is 0 Å². The minimum atomic E-state index is -1.58. The Morgan fingerprint density at radius 2 is 0.967 bits per heavy atom. The molecule has 0 saturated carbocycles. The van der Waals surface area contributed by atoms with Crippen LogP contribution in [0.5, 0.6) is 0 Å². The first kappa shape index (κ1) is 29.1. The number of aliphatic carboxylic acids is 1. The molecule has 0 spiro atoms. The van der Waals surface area contributed by atoms with E-state index in [9.17, 15) is 14.7 Å². The van der Waals surface area contributed by atoms with E-state index < -0.39 is 30.4 Å². The predicted octanol–water partition coefficient (Wildman–Crippen LogP) is 6.04. The summed E-state index contributed by atoms with van der Waals surface area (Å²) in [5.74, 6) is -3.19. The van der Waals surface area contributed by atoms with Crippen molar-refractivity contribution in [1.82, 2.24) is 0 Å². The number of carboxylic acid groups (broad SMARTS) is 1. The van der Waals surface area contributed by atoms with Crippen molar-refractivity contribution in [2.24, 2.45) is 5.92 Å². The minimum absolute atomic E-state index is 0.240. The molecule has 0 radical (unpaired) electrons. The molecular weight excluding hydrogens is 380 g/mol. The highest BCUT2D eigenvalue weighted by Crippen LogP contribution is 2.17. The highest BCUT2D eigenvalue weighted by molar-refractivity contribution is 6.00. The molecule has 3 N–H and O–H groups in total. The van der Waals surface area contributed by atoms with E-state index in [1.165, 1.54) is 89.9 Å². The molecule has 0 heterocycles. The van der Waals surface area contributed by atoms with E-state index in [2.05, 4.69) is 6.92 Å². The van der Waals surface area contributed by atoms with Gasteiger partial charge in [-0.25, -0.2) is 0 Å². The van der Waals surface area contributed by atoms with E-state index in [0.717, 1.165) is 19.3 Å². The standard InChI is InChI=1S/C25H48O5/c1-2-3-4-5-6-7-8-9-10-11-12-13-14-15-16-17-18-19-20-22(25(29)30)24(28)23(27)21-26/h22-23,26-27H,2-21H2,1H3,(H,29,30). The summed E-state index contributed by atoms with van der Waals surface area (Å²) in [6.45, 7) is 1.54. The fraction of sp³-hybridized carbons (Fsp3) is 0.920. The number of carbonyl (C=O) groups excluding carboxylic acids is 1. The van der Waals surface area contributed by atoms with Crippen LogP contribution in [0.3, 0.4) is 0 Å². The van der Waals surface area contributed by atoms with Crippen LogP contribution in [0.25, 0.3) is 0 Å². The number of aliphatic hydroxyl groups is 2. The molecule has 5 heteroatoms. The number of Topliss-reactive ketones (excluding diaryl/α,β-unsaturated/α-hetero) is 1. The number of rotatable bonds is 23. The van der Waals surface area contributed by atoms with Crippen LogP contribution in [0.1, 0.15) is 129 Å². The molecule has 0 fully saturated rings. The van der Waals surface area contributed by atoms with Gasteiger partial charge in [-0.15, -0.1) is 0 Å². The van der Waals surface area contributed by atoms with Gasteiger partial charge in [0.25, 0.3) is 0 Å². The molecule has 0 amide bonds. The Morgan fingerprint density at radius 1 is 0.633 bits per heavy atom. The topological polar surface area (TPSA) is 94.8 Å². The predicted molar refractivity (Wildman–Crippen MR) is 123 cm³/mol. The van der Waals surface area contributed by atoms with Gasteiger partial charge in [0.1, 0.15) is 12.0 Å². The summed E-state index contributed by atoms with van der Waals surface area (Å²) in [5.41, 5.74) is 0. The lowest BCUT2D eigenvalue weighted by Crippen LogP contribution is -2.35. The molecule has 0 aliphatic carbocycles. The number of carbonyl (C=O) groups is 2. The maximum atomic E-state index is 11.7. The summed E-state index contributed by atoms with van der Waals surface area (Å²) in [4.78, 5) is 22.9. The lowest BCUT2D eigenvalue weighted by molar-refractivity contribution is -0.150. The van der Waals surface area contributed by atoms with Gasteiger partial charge in [0.05, 0.1) is 6.61 Å². The maximum Gasteiger partial charge on any atom is 0.314 e. The van der Waals surface area contributed by atoms with Crippen LogP contribution >= 0.6 is 0 Å². The van der Waals surface area contributed by atoms with Crippen molar-refractivity contribution in [3.63, 3.8) is 0 Å². The summed E-state index contributed by atoms with van der Waals surface area (Å²) < 4.78 is 0. The first-order chi connectivity index (χ1) is 14.5. The molecule has 5 nitrogen and oxygen atoms in total. The molecule has 0 aliphatic heterocycles. The highest BCUT2D eigenvalue weighted by Gasteiger charge is 2.30. The fourth-order valence-electron chi connectivity index (χ4n) is 3.96. The van der Waals surface area contributed by atoms with Crippen molar-refractivity contribution in [2.45, 2.75) is 135 Å². The molecule has 0 aromatic carbocycles. The zero-order chi connectivity index (χ0) is 22.5. The fourth-order valence-corrected chi connectivity index (χ4v) is 3.96. The molecule has 30 heavy (non-hydrogen) atoms. The van der Waals surface area contributed by atoms with Gasteiger partial charge in [-0.05, 0) is 6.42 Å². The third-order valence-corrected chi connectivity index (χ3v) is 5.99. The van der Waals surface area contributed by atoms with Gasteiger partial charge in [-0.1, -0.05) is 122 Å². The van der Waals surface area contributed by atoms with Crippen LogP contribution in [-0.4, -0.2) is 39.8 Å². The van der Waals surface area contributed by atoms with Gasteiger partial charge in [-0.2, -0.15) is 0 Å². The first-order valence-electron chi connectivity index (χ1n) is 12.6.